The van der Waals surface area contributed by atoms with E-state index in [4.69, 9.17) is 16.6 Å². The molecule has 5 nitrogen and oxygen atoms in total. The first kappa shape index (κ1) is 21.2. The molecule has 0 spiro atoms. The van der Waals surface area contributed by atoms with E-state index in [0.29, 0.717) is 21.7 Å². The summed E-state index contributed by atoms with van der Waals surface area (Å²) in [4.78, 5) is 27.0. The van der Waals surface area contributed by atoms with E-state index in [-0.39, 0.29) is 5.91 Å². The summed E-state index contributed by atoms with van der Waals surface area (Å²) in [7, 11) is 0. The third-order valence-electron chi connectivity index (χ3n) is 5.13. The first-order chi connectivity index (χ1) is 14.5. The molecule has 0 aliphatic heterocycles. The first-order valence-electron chi connectivity index (χ1n) is 9.96. The molecule has 2 heterocycles. The molecule has 0 radical (unpaired) electrons. The van der Waals surface area contributed by atoms with Crippen LogP contribution in [0.3, 0.4) is 0 Å². The lowest BCUT2D eigenvalue weighted by atomic mass is 10.2. The van der Waals surface area contributed by atoms with E-state index >= 15 is 0 Å². The Morgan fingerprint density at radius 2 is 1.80 bits per heavy atom. The third kappa shape index (κ3) is 4.21. The van der Waals surface area contributed by atoms with E-state index < -0.39 is 0 Å². The van der Waals surface area contributed by atoms with E-state index in [0.717, 1.165) is 45.6 Å². The van der Waals surface area contributed by atoms with Crippen LogP contribution < -0.4 is 4.90 Å². The van der Waals surface area contributed by atoms with Crippen LogP contribution >= 0.6 is 34.3 Å². The molecule has 0 aliphatic carbocycles. The predicted octanol–water partition coefficient (Wildman–Crippen LogP) is 5.86. The van der Waals surface area contributed by atoms with Crippen molar-refractivity contribution < 1.29 is 4.79 Å². The number of anilines is 1. The van der Waals surface area contributed by atoms with Crippen molar-refractivity contribution >= 4 is 65.7 Å². The molecule has 0 fully saturated rings. The molecule has 0 bridgehead atoms. The fraction of sp³-hybridized carbons (Fsp3) is 0.318. The van der Waals surface area contributed by atoms with E-state index in [1.807, 2.05) is 43.3 Å². The SMILES string of the molecule is CCN(CC)CCN(C(=O)c1nc2ccccc2s1)c1nc2c(C)cc(Cl)cc2s1. The lowest BCUT2D eigenvalue weighted by Crippen LogP contribution is -2.38. The number of amides is 1. The van der Waals surface area contributed by atoms with Gasteiger partial charge < -0.3 is 4.90 Å². The Balaban J connectivity index is 1.73. The minimum Gasteiger partial charge on any atom is -0.302 e. The van der Waals surface area contributed by atoms with Crippen molar-refractivity contribution in [2.45, 2.75) is 20.8 Å². The summed E-state index contributed by atoms with van der Waals surface area (Å²) in [5, 5.41) is 1.86. The smallest absolute Gasteiger partial charge is 0.289 e. The van der Waals surface area contributed by atoms with Gasteiger partial charge in [-0.2, -0.15) is 0 Å². The van der Waals surface area contributed by atoms with Gasteiger partial charge in [0.1, 0.15) is 0 Å². The maximum Gasteiger partial charge on any atom is 0.289 e. The molecular weight excluding hydrogens is 436 g/mol. The van der Waals surface area contributed by atoms with Crippen LogP contribution in [0, 0.1) is 6.92 Å². The lowest BCUT2D eigenvalue weighted by Gasteiger charge is -2.24. The zero-order chi connectivity index (χ0) is 21.3. The number of para-hydroxylation sites is 1. The first-order valence-corrected chi connectivity index (χ1v) is 12.0. The molecule has 2 aromatic heterocycles. The van der Waals surface area contributed by atoms with Crippen LogP contribution in [-0.4, -0.2) is 47.0 Å². The normalized spacial score (nSPS) is 11.6. The Bertz CT molecular complexity index is 1170. The molecule has 0 saturated heterocycles. The monoisotopic (exact) mass is 458 g/mol. The fourth-order valence-electron chi connectivity index (χ4n) is 3.40. The number of carbonyl (C=O) groups is 1. The topological polar surface area (TPSA) is 49.3 Å². The number of rotatable bonds is 7. The number of carbonyl (C=O) groups excluding carboxylic acids is 1. The van der Waals surface area contributed by atoms with Crippen LogP contribution in [0.4, 0.5) is 5.13 Å². The molecule has 8 heteroatoms. The Morgan fingerprint density at radius 3 is 2.53 bits per heavy atom. The third-order valence-corrected chi connectivity index (χ3v) is 7.39. The van der Waals surface area contributed by atoms with Crippen molar-refractivity contribution in [2.75, 3.05) is 31.1 Å². The highest BCUT2D eigenvalue weighted by molar-refractivity contribution is 7.23. The van der Waals surface area contributed by atoms with Gasteiger partial charge in [0.15, 0.2) is 10.1 Å². The summed E-state index contributed by atoms with van der Waals surface area (Å²) in [5.74, 6) is -0.105. The number of aryl methyl sites for hydroxylation is 1. The molecule has 156 valence electrons. The highest BCUT2D eigenvalue weighted by Gasteiger charge is 2.25. The zero-order valence-electron chi connectivity index (χ0n) is 17.2. The summed E-state index contributed by atoms with van der Waals surface area (Å²) < 4.78 is 2.00. The lowest BCUT2D eigenvalue weighted by molar-refractivity contribution is 0.0983. The zero-order valence-corrected chi connectivity index (χ0v) is 19.6. The molecule has 30 heavy (non-hydrogen) atoms. The van der Waals surface area contributed by atoms with Crippen LogP contribution in [0.5, 0.6) is 0 Å². The van der Waals surface area contributed by atoms with E-state index in [2.05, 4.69) is 23.7 Å². The van der Waals surface area contributed by atoms with Gasteiger partial charge in [0.25, 0.3) is 5.91 Å². The number of benzene rings is 2. The Kier molecular flexibility index (Phi) is 6.34. The molecule has 0 unspecified atom stereocenters. The maximum atomic E-state index is 13.5. The van der Waals surface area contributed by atoms with Gasteiger partial charge >= 0.3 is 0 Å². The minimum atomic E-state index is -0.105. The number of thiazole rings is 2. The van der Waals surface area contributed by atoms with Gasteiger partial charge in [-0.25, -0.2) is 9.97 Å². The Hall–Kier alpha value is -2.06. The molecule has 0 aliphatic rings. The quantitative estimate of drug-likeness (QED) is 0.348. The summed E-state index contributed by atoms with van der Waals surface area (Å²) >= 11 is 9.16. The van der Waals surface area contributed by atoms with Gasteiger partial charge in [0.05, 0.1) is 20.4 Å². The van der Waals surface area contributed by atoms with Crippen LogP contribution in [0.2, 0.25) is 5.02 Å². The summed E-state index contributed by atoms with van der Waals surface area (Å²) in [6.45, 7) is 9.47. The summed E-state index contributed by atoms with van der Waals surface area (Å²) in [5.41, 5.74) is 2.75. The van der Waals surface area contributed by atoms with E-state index in [1.165, 1.54) is 22.7 Å². The van der Waals surface area contributed by atoms with Crippen molar-refractivity contribution in [3.05, 3.63) is 52.0 Å². The number of fused-ring (bicyclic) bond motifs is 2. The second-order valence-corrected chi connectivity index (χ2v) is 9.51. The molecule has 4 aromatic rings. The molecular formula is C22H23ClN4OS2. The largest absolute Gasteiger partial charge is 0.302 e. The van der Waals surface area contributed by atoms with Crippen molar-refractivity contribution in [1.29, 1.82) is 0 Å². The highest BCUT2D eigenvalue weighted by atomic mass is 35.5. The summed E-state index contributed by atoms with van der Waals surface area (Å²) in [6, 6.07) is 11.7. The molecule has 1 amide bonds. The van der Waals surface area contributed by atoms with Crippen LogP contribution in [0.15, 0.2) is 36.4 Å². The molecule has 0 saturated carbocycles. The molecule has 0 atom stereocenters. The maximum absolute atomic E-state index is 13.5. The minimum absolute atomic E-state index is 0.105. The average molecular weight is 459 g/mol. The standard InChI is InChI=1S/C22H23ClN4OS2/c1-4-26(5-2)10-11-27(21(28)20-24-16-8-6-7-9-17(16)29-20)22-25-19-14(3)12-15(23)13-18(19)30-22/h6-9,12-13H,4-5,10-11H2,1-3H3. The van der Waals surface area contributed by atoms with Gasteiger partial charge in [-0.1, -0.05) is 48.9 Å². The van der Waals surface area contributed by atoms with Crippen LogP contribution in [0.1, 0.15) is 29.2 Å². The summed E-state index contributed by atoms with van der Waals surface area (Å²) in [6.07, 6.45) is 0. The van der Waals surface area contributed by atoms with Crippen molar-refractivity contribution in [1.82, 2.24) is 14.9 Å². The molecule has 4 rings (SSSR count). The molecule has 2 aromatic carbocycles. The second kappa shape index (κ2) is 8.98. The van der Waals surface area contributed by atoms with Gasteiger partial charge in [-0.15, -0.1) is 11.3 Å². The number of hydrogen-bond donors (Lipinski definition) is 0. The van der Waals surface area contributed by atoms with E-state index in [9.17, 15) is 4.79 Å². The number of likely N-dealkylation sites (N-methyl/N-ethyl adjacent to an activating group) is 1. The van der Waals surface area contributed by atoms with Crippen LogP contribution in [-0.2, 0) is 0 Å². The van der Waals surface area contributed by atoms with Crippen molar-refractivity contribution in [3.8, 4) is 0 Å². The number of hydrogen-bond acceptors (Lipinski definition) is 6. The predicted molar refractivity (Wildman–Crippen MR) is 128 cm³/mol. The fourth-order valence-corrected chi connectivity index (χ4v) is 5.76. The number of aromatic nitrogens is 2. The number of halogens is 1. The van der Waals surface area contributed by atoms with Gasteiger partial charge in [0, 0.05) is 18.1 Å². The Morgan fingerprint density at radius 1 is 1.03 bits per heavy atom. The average Bonchev–Trinajstić information content (AvgIpc) is 3.35. The van der Waals surface area contributed by atoms with Crippen LogP contribution in [0.25, 0.3) is 20.4 Å². The van der Waals surface area contributed by atoms with Gasteiger partial charge in [-0.3, -0.25) is 9.69 Å². The highest BCUT2D eigenvalue weighted by Crippen LogP contribution is 2.34. The van der Waals surface area contributed by atoms with Gasteiger partial charge in [0.2, 0.25) is 0 Å². The molecule has 0 N–H and O–H groups in total. The number of nitrogens with zero attached hydrogens (tertiary/aromatic N) is 4. The second-order valence-electron chi connectivity index (χ2n) is 7.04. The Labute approximate surface area is 188 Å². The van der Waals surface area contributed by atoms with Crippen molar-refractivity contribution in [2.24, 2.45) is 0 Å². The van der Waals surface area contributed by atoms with E-state index in [1.54, 1.807) is 4.90 Å². The van der Waals surface area contributed by atoms with Crippen molar-refractivity contribution in [3.63, 3.8) is 0 Å². The van der Waals surface area contributed by atoms with Gasteiger partial charge in [-0.05, 0) is 49.8 Å².